The number of rotatable bonds is 26. The van der Waals surface area contributed by atoms with Gasteiger partial charge in [0, 0.05) is 89.6 Å². The smallest absolute Gasteiger partial charge is 0.298 e. The molecule has 0 saturated carbocycles. The Labute approximate surface area is 478 Å². The third-order valence-electron chi connectivity index (χ3n) is 14.2. The van der Waals surface area contributed by atoms with E-state index in [2.05, 4.69) is 35.1 Å². The average Bonchev–Trinajstić information content (AvgIpc) is 2.53. The lowest BCUT2D eigenvalue weighted by Crippen LogP contribution is -2.45. The number of aryl methyl sites for hydroxylation is 4. The van der Waals surface area contributed by atoms with Gasteiger partial charge in [-0.2, -0.15) is 20.2 Å². The van der Waals surface area contributed by atoms with Gasteiger partial charge in [-0.3, -0.25) is 33.4 Å². The molecule has 9 rings (SSSR count). The van der Waals surface area contributed by atoms with Crippen LogP contribution in [0.1, 0.15) is 98.0 Å². The van der Waals surface area contributed by atoms with Crippen molar-refractivity contribution in [2.75, 3.05) is 73.5 Å². The number of nitrogens with zero attached hydrogens (tertiary/aromatic N) is 9. The standard InChI is InChI=1S/C58H73N13O12/c1-7-70-44(28-36(3)65-70)53(74)63-57-61-42-30-39(51(59)72)32-46(79-23-14-18-67-21-26-78-27-22-67)49(42)68(57)19-12-13-20-69-50-43(62-58(69)64-54(75)45-29-37(4)66-71(45)8-2)31-40(52(60)73)33-47(50)80-24-15-25-81-48-34-41(35-82-56(48)77-6)83-55(76-5)38-16-10-9-11-17-38/h9-13,16-17,28-33,41,48,55-56H,7-8,14-15,18-27,34-35H2,1-6H3,(H2,59,72)(H2,60,73)(H,61,63,74)(H,62,64,75)/b13-12+. The van der Waals surface area contributed by atoms with Gasteiger partial charge in [0.15, 0.2) is 12.6 Å². The van der Waals surface area contributed by atoms with Gasteiger partial charge < -0.3 is 68.5 Å². The van der Waals surface area contributed by atoms with E-state index in [1.54, 1.807) is 83.0 Å². The Morgan fingerprint density at radius 2 is 1.29 bits per heavy atom. The number of hydrogen-bond acceptors (Lipinski definition) is 15. The number of benzene rings is 3. The number of carbonyl (C=O) groups is 4. The molecule has 2 aliphatic heterocycles. The van der Waals surface area contributed by atoms with Crippen LogP contribution in [0.2, 0.25) is 0 Å². The molecule has 7 aromatic rings. The number of aromatic amines is 2. The van der Waals surface area contributed by atoms with Gasteiger partial charge in [-0.1, -0.05) is 42.5 Å². The Kier molecular flexibility index (Phi) is 20.0. The summed E-state index contributed by atoms with van der Waals surface area (Å²) in [6.45, 7) is 13.2. The van der Waals surface area contributed by atoms with E-state index < -0.39 is 42.3 Å². The van der Waals surface area contributed by atoms with Crippen molar-refractivity contribution in [2.45, 2.75) is 97.9 Å². The Hall–Kier alpha value is -8.04. The predicted octanol–water partition coefficient (Wildman–Crippen LogP) is 4.62. The van der Waals surface area contributed by atoms with Crippen LogP contribution in [0.25, 0.3) is 22.1 Å². The van der Waals surface area contributed by atoms with Crippen LogP contribution >= 0.6 is 0 Å². The van der Waals surface area contributed by atoms with Gasteiger partial charge >= 0.3 is 0 Å². The maximum atomic E-state index is 14.1. The minimum Gasteiger partial charge on any atom is -0.491 e. The largest absolute Gasteiger partial charge is 0.491 e. The lowest BCUT2D eigenvalue weighted by molar-refractivity contribution is -0.266. The minimum absolute atomic E-state index is 0.102. The molecule has 0 bridgehead atoms. The Balaban J connectivity index is 1.03. The molecule has 2 aliphatic rings. The van der Waals surface area contributed by atoms with Crippen molar-refractivity contribution < 1.29 is 57.1 Å². The zero-order valence-electron chi connectivity index (χ0n) is 47.7. The van der Waals surface area contributed by atoms with Crippen molar-refractivity contribution >= 4 is 45.7 Å². The summed E-state index contributed by atoms with van der Waals surface area (Å²) >= 11 is 0. The number of nitrogens with two attached hydrogens (primary N) is 2. The van der Waals surface area contributed by atoms with Gasteiger partial charge in [-0.15, -0.1) is 0 Å². The molecule has 2 saturated heterocycles. The van der Waals surface area contributed by atoms with Crippen LogP contribution in [0.4, 0.5) is 0 Å². The molecular formula is C58H73N13O12. The van der Waals surface area contributed by atoms with Gasteiger partial charge in [0.25, 0.3) is 11.8 Å². The second-order valence-electron chi connectivity index (χ2n) is 20.0. The fourth-order valence-electron chi connectivity index (χ4n) is 10.2. The monoisotopic (exact) mass is 1140 g/mol. The summed E-state index contributed by atoms with van der Waals surface area (Å²) in [6.07, 6.45) is 3.25. The summed E-state index contributed by atoms with van der Waals surface area (Å²) in [5, 5.41) is 8.92. The van der Waals surface area contributed by atoms with Crippen LogP contribution in [0.15, 0.2) is 88.9 Å². The van der Waals surface area contributed by atoms with Gasteiger partial charge in [-0.05, 0) is 70.5 Å². The number of carbonyl (C=O) groups excluding carboxylic acids is 4. The molecule has 3 aromatic carbocycles. The van der Waals surface area contributed by atoms with Crippen LogP contribution in [-0.2, 0) is 54.6 Å². The van der Waals surface area contributed by atoms with E-state index in [9.17, 15) is 19.2 Å². The number of imidazole rings is 2. The number of fused-ring (bicyclic) bond motifs is 2. The molecule has 25 heteroatoms. The molecule has 4 atom stereocenters. The second-order valence-corrected chi connectivity index (χ2v) is 20.0. The number of nitrogens with one attached hydrogen (secondary N) is 2. The zero-order valence-corrected chi connectivity index (χ0v) is 47.7. The molecule has 25 nitrogen and oxygen atoms in total. The van der Waals surface area contributed by atoms with E-state index in [0.29, 0.717) is 97.1 Å². The number of ether oxygens (including phenoxy) is 8. The highest BCUT2D eigenvalue weighted by Gasteiger charge is 2.34. The van der Waals surface area contributed by atoms with E-state index >= 15 is 0 Å². The third kappa shape index (κ3) is 14.4. The third-order valence-corrected chi connectivity index (χ3v) is 14.2. The van der Waals surface area contributed by atoms with Crippen molar-refractivity contribution in [3.8, 4) is 11.5 Å². The summed E-state index contributed by atoms with van der Waals surface area (Å²) in [6, 6.07) is 19.3. The number of H-pyrrole nitrogens is 2. The van der Waals surface area contributed by atoms with E-state index in [1.807, 2.05) is 56.3 Å². The maximum absolute atomic E-state index is 14.1. The number of morpholine rings is 1. The molecular weight excluding hydrogens is 1070 g/mol. The first-order valence-electron chi connectivity index (χ1n) is 27.8. The number of allylic oxidation sites excluding steroid dienone is 2. The Bertz CT molecular complexity index is 3590. The zero-order chi connectivity index (χ0) is 58.6. The van der Waals surface area contributed by atoms with Crippen molar-refractivity contribution in [2.24, 2.45) is 21.5 Å². The molecule has 83 heavy (non-hydrogen) atoms. The fourth-order valence-corrected chi connectivity index (χ4v) is 10.2. The second kappa shape index (κ2) is 27.8. The first-order valence-corrected chi connectivity index (χ1v) is 27.8. The molecule has 4 unspecified atom stereocenters. The van der Waals surface area contributed by atoms with Crippen molar-refractivity contribution in [3.63, 3.8) is 0 Å². The normalized spacial score (nSPS) is 17.7. The summed E-state index contributed by atoms with van der Waals surface area (Å²) in [7, 11) is 3.15. The molecule has 6 N–H and O–H groups in total. The summed E-state index contributed by atoms with van der Waals surface area (Å²) in [4.78, 5) is 71.7. The fraction of sp³-hybridized carbons (Fsp3) is 0.448. The van der Waals surface area contributed by atoms with E-state index in [-0.39, 0.29) is 72.8 Å². The maximum Gasteiger partial charge on any atom is 0.298 e. The van der Waals surface area contributed by atoms with Crippen molar-refractivity contribution in [3.05, 3.63) is 130 Å². The summed E-state index contributed by atoms with van der Waals surface area (Å²) in [5.74, 6) is -1.82. The van der Waals surface area contributed by atoms with Gasteiger partial charge in [0.1, 0.15) is 40.0 Å². The molecule has 4 aromatic heterocycles. The van der Waals surface area contributed by atoms with E-state index in [0.717, 1.165) is 25.2 Å². The quantitative estimate of drug-likeness (QED) is 0.0327. The highest BCUT2D eigenvalue weighted by Crippen LogP contribution is 2.30. The van der Waals surface area contributed by atoms with Gasteiger partial charge in [0.2, 0.25) is 23.1 Å². The molecule has 6 heterocycles. The Morgan fingerprint density at radius 1 is 0.747 bits per heavy atom. The van der Waals surface area contributed by atoms with Crippen molar-refractivity contribution in [1.82, 2.24) is 43.6 Å². The van der Waals surface area contributed by atoms with Crippen LogP contribution < -0.4 is 32.2 Å². The number of hydrogen-bond donors (Lipinski definition) is 4. The lowest BCUT2D eigenvalue weighted by atomic mass is 10.1. The first-order chi connectivity index (χ1) is 40.2. The molecule has 4 amide bonds. The summed E-state index contributed by atoms with van der Waals surface area (Å²) in [5.41, 5.74) is 17.1. The minimum atomic E-state index is -0.700. The number of aromatic nitrogens is 8. The average molecular weight is 1140 g/mol. The molecule has 0 spiro atoms. The van der Waals surface area contributed by atoms with Gasteiger partial charge in [0.05, 0.1) is 68.2 Å². The molecule has 442 valence electrons. The molecule has 0 aliphatic carbocycles. The topological polar surface area (TPSA) is 299 Å². The van der Waals surface area contributed by atoms with Crippen LogP contribution in [0.5, 0.6) is 11.5 Å². The number of amides is 4. The van der Waals surface area contributed by atoms with Crippen LogP contribution in [0, 0.1) is 13.8 Å². The first kappa shape index (κ1) is 59.6. The van der Waals surface area contributed by atoms with E-state index in [4.69, 9.17) is 49.4 Å². The number of primary amides is 2. The highest BCUT2D eigenvalue weighted by atomic mass is 16.7. The highest BCUT2D eigenvalue weighted by molar-refractivity contribution is 5.99. The Morgan fingerprint density at radius 3 is 1.80 bits per heavy atom. The van der Waals surface area contributed by atoms with Crippen molar-refractivity contribution in [1.29, 1.82) is 0 Å². The van der Waals surface area contributed by atoms with E-state index in [1.165, 1.54) is 0 Å². The number of methoxy groups -OCH3 is 2. The summed E-state index contributed by atoms with van der Waals surface area (Å²) < 4.78 is 55.2. The SMILES string of the molecule is CCn1nc(C)cc1C(=O)/N=c1/[nH]c2cc(C(N)=O)cc(OCCCN3CCOCC3)c2n1C/C=C/Cn1/c(=N/C(=O)c2cc(C)nn2CC)[nH]c2cc(C(N)=O)cc(OCCCOC3CC(OC(OC)c4ccccc4)COC3OC)c21. The lowest BCUT2D eigenvalue weighted by Gasteiger charge is -2.36. The van der Waals surface area contributed by atoms with Crippen LogP contribution in [-0.4, -0.2) is 159 Å². The predicted molar refractivity (Wildman–Crippen MR) is 303 cm³/mol. The molecule has 0 radical (unpaired) electrons. The van der Waals surface area contributed by atoms with Gasteiger partial charge in [-0.25, -0.2) is 0 Å². The van der Waals surface area contributed by atoms with Crippen LogP contribution in [0.3, 0.4) is 0 Å². The molecule has 2 fully saturated rings.